The van der Waals surface area contributed by atoms with Gasteiger partial charge in [-0.2, -0.15) is 0 Å². The first kappa shape index (κ1) is 17.5. The maximum absolute atomic E-state index is 13.1. The molecule has 140 valence electrons. The first-order valence-electron chi connectivity index (χ1n) is 8.94. The summed E-state index contributed by atoms with van der Waals surface area (Å²) in [6.45, 7) is 0.788. The number of β-amino-alcohol motifs (C(OH)–C–C–N with tert-alkyl or cyclic N) is 1. The zero-order valence-electron chi connectivity index (χ0n) is 15.0. The van der Waals surface area contributed by atoms with Gasteiger partial charge >= 0.3 is 0 Å². The predicted octanol–water partition coefficient (Wildman–Crippen LogP) is 3.31. The lowest BCUT2D eigenvalue weighted by atomic mass is 9.87. The molecular weight excluding hydrogens is 347 g/mol. The molecule has 0 spiro atoms. The summed E-state index contributed by atoms with van der Waals surface area (Å²) in [5.41, 5.74) is 2.25. The summed E-state index contributed by atoms with van der Waals surface area (Å²) >= 11 is 0. The first-order valence-corrected chi connectivity index (χ1v) is 8.94. The molecule has 0 bridgehead atoms. The number of ether oxygens (including phenoxy) is 1. The zero-order valence-corrected chi connectivity index (χ0v) is 15.0. The van der Waals surface area contributed by atoms with Gasteiger partial charge in [-0.3, -0.25) is 4.79 Å². The van der Waals surface area contributed by atoms with Crippen LogP contribution in [0.4, 0.5) is 4.39 Å². The SMILES string of the molecule is COc1ccc2[nH]c(C(=O)N3CC[C@@H](c4ccc(F)cc4)[C@H](O)C3)cc2c1. The Balaban J connectivity index is 1.50. The molecule has 1 amide bonds. The van der Waals surface area contributed by atoms with Gasteiger partial charge < -0.3 is 19.7 Å². The number of benzene rings is 2. The van der Waals surface area contributed by atoms with Crippen molar-refractivity contribution in [3.05, 3.63) is 65.6 Å². The smallest absolute Gasteiger partial charge is 0.270 e. The van der Waals surface area contributed by atoms with E-state index in [0.29, 0.717) is 18.7 Å². The molecule has 2 heterocycles. The van der Waals surface area contributed by atoms with Gasteiger partial charge in [0.2, 0.25) is 0 Å². The first-order chi connectivity index (χ1) is 13.0. The third-order valence-electron chi connectivity index (χ3n) is 5.23. The van der Waals surface area contributed by atoms with E-state index in [2.05, 4.69) is 4.98 Å². The van der Waals surface area contributed by atoms with Crippen LogP contribution < -0.4 is 4.74 Å². The molecule has 6 heteroatoms. The Hall–Kier alpha value is -2.86. The topological polar surface area (TPSA) is 65.6 Å². The highest BCUT2D eigenvalue weighted by atomic mass is 19.1. The number of carbonyl (C=O) groups is 1. The van der Waals surface area contributed by atoms with E-state index in [1.165, 1.54) is 12.1 Å². The Morgan fingerprint density at radius 3 is 2.70 bits per heavy atom. The standard InChI is InChI=1S/C21H21FN2O3/c1-27-16-6-7-18-14(10-16)11-19(23-18)21(26)24-9-8-17(20(25)12-24)13-2-4-15(22)5-3-13/h2-7,10-11,17,20,23,25H,8-9,12H2,1H3/t17-,20+/m0/s1. The summed E-state index contributed by atoms with van der Waals surface area (Å²) in [6.07, 6.45) is -0.0512. The monoisotopic (exact) mass is 368 g/mol. The normalized spacial score (nSPS) is 20.0. The number of amides is 1. The summed E-state index contributed by atoms with van der Waals surface area (Å²) in [5, 5.41) is 11.5. The van der Waals surface area contributed by atoms with Crippen LogP contribution in [0.5, 0.6) is 5.75 Å². The molecule has 0 radical (unpaired) electrons. The van der Waals surface area contributed by atoms with E-state index in [-0.39, 0.29) is 24.2 Å². The molecule has 3 aromatic rings. The van der Waals surface area contributed by atoms with Crippen LogP contribution in [-0.4, -0.2) is 47.2 Å². The van der Waals surface area contributed by atoms with Gasteiger partial charge in [-0.25, -0.2) is 4.39 Å². The Morgan fingerprint density at radius 1 is 1.22 bits per heavy atom. The highest BCUT2D eigenvalue weighted by Gasteiger charge is 2.32. The fourth-order valence-corrected chi connectivity index (χ4v) is 3.74. The molecule has 1 aliphatic heterocycles. The number of halogens is 1. The van der Waals surface area contributed by atoms with Gasteiger partial charge in [0.25, 0.3) is 5.91 Å². The Bertz CT molecular complexity index is 967. The number of hydrogen-bond acceptors (Lipinski definition) is 3. The number of carbonyl (C=O) groups excluding carboxylic acids is 1. The van der Waals surface area contributed by atoms with E-state index >= 15 is 0 Å². The summed E-state index contributed by atoms with van der Waals surface area (Å²) in [4.78, 5) is 17.7. The number of nitrogens with zero attached hydrogens (tertiary/aromatic N) is 1. The van der Waals surface area contributed by atoms with Crippen LogP contribution in [0, 0.1) is 5.82 Å². The van der Waals surface area contributed by atoms with Gasteiger partial charge in [0.05, 0.1) is 13.2 Å². The van der Waals surface area contributed by atoms with Crippen LogP contribution in [0.25, 0.3) is 10.9 Å². The Labute approximate surface area is 156 Å². The van der Waals surface area contributed by atoms with Crippen LogP contribution in [0.15, 0.2) is 48.5 Å². The third-order valence-corrected chi connectivity index (χ3v) is 5.23. The van der Waals surface area contributed by atoms with Crippen molar-refractivity contribution in [2.75, 3.05) is 20.2 Å². The van der Waals surface area contributed by atoms with Gasteiger partial charge in [0, 0.05) is 29.9 Å². The van der Waals surface area contributed by atoms with Gasteiger partial charge in [-0.1, -0.05) is 12.1 Å². The highest BCUT2D eigenvalue weighted by Crippen LogP contribution is 2.30. The third kappa shape index (κ3) is 3.40. The van der Waals surface area contributed by atoms with Gasteiger partial charge in [-0.05, 0) is 48.4 Å². The number of likely N-dealkylation sites (tertiary alicyclic amines) is 1. The molecule has 1 aliphatic rings. The Kier molecular flexibility index (Phi) is 4.58. The van der Waals surface area contributed by atoms with Gasteiger partial charge in [0.15, 0.2) is 0 Å². The number of piperidine rings is 1. The average molecular weight is 368 g/mol. The van der Waals surface area contributed by atoms with Crippen molar-refractivity contribution >= 4 is 16.8 Å². The maximum atomic E-state index is 13.1. The van der Waals surface area contributed by atoms with Crippen molar-refractivity contribution in [3.63, 3.8) is 0 Å². The minimum absolute atomic E-state index is 0.0957. The molecule has 0 aliphatic carbocycles. The summed E-state index contributed by atoms with van der Waals surface area (Å²) in [6, 6.07) is 13.6. The van der Waals surface area contributed by atoms with Crippen LogP contribution in [0.1, 0.15) is 28.4 Å². The van der Waals surface area contributed by atoms with E-state index in [0.717, 1.165) is 22.2 Å². The lowest BCUT2D eigenvalue weighted by Crippen LogP contribution is -2.45. The average Bonchev–Trinajstić information content (AvgIpc) is 3.11. The quantitative estimate of drug-likeness (QED) is 0.745. The molecule has 27 heavy (non-hydrogen) atoms. The number of aromatic nitrogens is 1. The predicted molar refractivity (Wildman–Crippen MR) is 101 cm³/mol. The molecule has 0 saturated carbocycles. The molecule has 4 rings (SSSR count). The molecule has 2 atom stereocenters. The molecular formula is C21H21FN2O3. The number of aliphatic hydroxyl groups excluding tert-OH is 1. The van der Waals surface area contributed by atoms with E-state index in [1.807, 2.05) is 18.2 Å². The van der Waals surface area contributed by atoms with Crippen LogP contribution in [-0.2, 0) is 0 Å². The molecule has 2 N–H and O–H groups in total. The molecule has 1 saturated heterocycles. The minimum Gasteiger partial charge on any atom is -0.497 e. The summed E-state index contributed by atoms with van der Waals surface area (Å²) < 4.78 is 18.3. The number of fused-ring (bicyclic) bond motifs is 1. The van der Waals surface area contributed by atoms with Crippen molar-refractivity contribution < 1.29 is 19.0 Å². The Morgan fingerprint density at radius 2 is 2.00 bits per heavy atom. The van der Waals surface area contributed by atoms with Crippen LogP contribution in [0.2, 0.25) is 0 Å². The molecule has 1 fully saturated rings. The van der Waals surface area contributed by atoms with Crippen molar-refractivity contribution in [3.8, 4) is 5.75 Å². The van der Waals surface area contributed by atoms with Crippen molar-refractivity contribution in [1.82, 2.24) is 9.88 Å². The minimum atomic E-state index is -0.683. The van der Waals surface area contributed by atoms with E-state index in [9.17, 15) is 14.3 Å². The van der Waals surface area contributed by atoms with Crippen LogP contribution >= 0.6 is 0 Å². The van der Waals surface area contributed by atoms with E-state index in [4.69, 9.17) is 4.74 Å². The van der Waals surface area contributed by atoms with Crippen molar-refractivity contribution in [2.24, 2.45) is 0 Å². The fourth-order valence-electron chi connectivity index (χ4n) is 3.74. The van der Waals surface area contributed by atoms with E-state index in [1.54, 1.807) is 30.2 Å². The summed E-state index contributed by atoms with van der Waals surface area (Å²) in [5.74, 6) is 0.204. The maximum Gasteiger partial charge on any atom is 0.270 e. The number of rotatable bonds is 3. The zero-order chi connectivity index (χ0) is 19.0. The lowest BCUT2D eigenvalue weighted by Gasteiger charge is -2.36. The molecule has 0 unspecified atom stereocenters. The molecule has 1 aromatic heterocycles. The van der Waals surface area contributed by atoms with Crippen LogP contribution in [0.3, 0.4) is 0 Å². The van der Waals surface area contributed by atoms with Crippen molar-refractivity contribution in [1.29, 1.82) is 0 Å². The lowest BCUT2D eigenvalue weighted by molar-refractivity contribution is 0.0378. The fraction of sp³-hybridized carbons (Fsp3) is 0.286. The van der Waals surface area contributed by atoms with Gasteiger partial charge in [-0.15, -0.1) is 0 Å². The second kappa shape index (κ2) is 7.04. The highest BCUT2D eigenvalue weighted by molar-refractivity contribution is 5.98. The van der Waals surface area contributed by atoms with E-state index < -0.39 is 6.10 Å². The number of H-pyrrole nitrogens is 1. The second-order valence-electron chi connectivity index (χ2n) is 6.90. The number of aromatic amines is 1. The van der Waals surface area contributed by atoms with Gasteiger partial charge in [0.1, 0.15) is 17.3 Å². The summed E-state index contributed by atoms with van der Waals surface area (Å²) in [7, 11) is 1.60. The number of hydrogen-bond donors (Lipinski definition) is 2. The number of aliphatic hydroxyl groups is 1. The number of nitrogens with one attached hydrogen (secondary N) is 1. The van der Waals surface area contributed by atoms with Crippen molar-refractivity contribution in [2.45, 2.75) is 18.4 Å². The molecule has 5 nitrogen and oxygen atoms in total. The largest absolute Gasteiger partial charge is 0.497 e. The second-order valence-corrected chi connectivity index (χ2v) is 6.90. The number of methoxy groups -OCH3 is 1. The molecule has 2 aromatic carbocycles.